The highest BCUT2D eigenvalue weighted by Gasteiger charge is 2.35. The highest BCUT2D eigenvalue weighted by atomic mass is 16.5. The fourth-order valence-corrected chi connectivity index (χ4v) is 2.93. The van der Waals surface area contributed by atoms with Crippen LogP contribution in [-0.2, 0) is 9.53 Å². The first-order chi connectivity index (χ1) is 14.4. The number of esters is 1. The molecule has 1 heterocycles. The third-order valence-corrected chi connectivity index (χ3v) is 4.30. The molecule has 2 aromatic rings. The number of amides is 3. The highest BCUT2D eigenvalue weighted by molar-refractivity contribution is 6.22. The molecule has 0 radical (unpaired) electrons. The number of fused-ring (bicyclic) bond motifs is 1. The predicted octanol–water partition coefficient (Wildman–Crippen LogP) is 2.66. The molecule has 0 aliphatic carbocycles. The maximum absolute atomic E-state index is 12.3. The highest BCUT2D eigenvalue weighted by Crippen LogP contribution is 2.24. The summed E-state index contributed by atoms with van der Waals surface area (Å²) in [6.45, 7) is 5.51. The van der Waals surface area contributed by atoms with E-state index in [2.05, 4.69) is 11.9 Å². The zero-order valence-electron chi connectivity index (χ0n) is 16.3. The van der Waals surface area contributed by atoms with E-state index in [9.17, 15) is 19.2 Å². The van der Waals surface area contributed by atoms with Crippen LogP contribution in [0, 0.1) is 0 Å². The van der Waals surface area contributed by atoms with Gasteiger partial charge in [0, 0.05) is 12.2 Å². The van der Waals surface area contributed by atoms with Crippen LogP contribution in [-0.4, -0.2) is 48.3 Å². The van der Waals surface area contributed by atoms with Gasteiger partial charge in [0.15, 0.2) is 6.61 Å². The monoisotopic (exact) mass is 408 g/mol. The quantitative estimate of drug-likeness (QED) is 0.409. The number of anilines is 1. The summed E-state index contributed by atoms with van der Waals surface area (Å²) in [5, 5.41) is 2.61. The fraction of sp³-hybridized carbons (Fsp3) is 0.182. The van der Waals surface area contributed by atoms with Gasteiger partial charge in [-0.3, -0.25) is 19.3 Å². The summed E-state index contributed by atoms with van der Waals surface area (Å²) in [5.74, 6) is -1.56. The van der Waals surface area contributed by atoms with Crippen molar-refractivity contribution in [3.63, 3.8) is 0 Å². The number of carbonyl (C=O) groups excluding carboxylic acids is 4. The minimum absolute atomic E-state index is 0.0734. The first-order valence-corrected chi connectivity index (χ1v) is 9.25. The summed E-state index contributed by atoms with van der Waals surface area (Å²) >= 11 is 0. The normalized spacial score (nSPS) is 12.4. The van der Waals surface area contributed by atoms with Crippen LogP contribution >= 0.6 is 0 Å². The molecular formula is C22H20N2O6. The zero-order chi connectivity index (χ0) is 21.7. The van der Waals surface area contributed by atoms with Gasteiger partial charge >= 0.3 is 5.97 Å². The van der Waals surface area contributed by atoms with Crippen LogP contribution in [0.15, 0.2) is 55.1 Å². The van der Waals surface area contributed by atoms with E-state index in [0.29, 0.717) is 18.0 Å². The SMILES string of the molecule is C=CCN1C(=O)c2ccc(C(=O)OCC(=O)Nc3ccc(OCC)cc3)cc2C1=O. The standard InChI is InChI=1S/C22H20N2O6/c1-3-11-24-20(26)17-10-5-14(12-18(17)21(24)27)22(28)30-13-19(25)23-15-6-8-16(9-7-15)29-4-2/h3,5-10,12H,1,4,11,13H2,2H3,(H,23,25). The predicted molar refractivity (Wildman–Crippen MR) is 109 cm³/mol. The van der Waals surface area contributed by atoms with Crippen molar-refractivity contribution in [2.45, 2.75) is 6.92 Å². The summed E-state index contributed by atoms with van der Waals surface area (Å²) in [4.78, 5) is 49.9. The Morgan fingerprint density at radius 3 is 2.43 bits per heavy atom. The molecule has 0 unspecified atom stereocenters. The lowest BCUT2D eigenvalue weighted by atomic mass is 10.1. The first-order valence-electron chi connectivity index (χ1n) is 9.25. The Hall–Kier alpha value is -3.94. The molecule has 3 rings (SSSR count). The van der Waals surface area contributed by atoms with Crippen LogP contribution in [0.3, 0.4) is 0 Å². The molecule has 0 atom stereocenters. The van der Waals surface area contributed by atoms with Gasteiger partial charge in [-0.05, 0) is 49.4 Å². The second-order valence-electron chi connectivity index (χ2n) is 6.35. The van der Waals surface area contributed by atoms with Crippen LogP contribution in [0.2, 0.25) is 0 Å². The number of benzene rings is 2. The second-order valence-corrected chi connectivity index (χ2v) is 6.35. The van der Waals surface area contributed by atoms with Crippen molar-refractivity contribution in [3.8, 4) is 5.75 Å². The number of carbonyl (C=O) groups is 4. The molecule has 1 aliphatic rings. The molecule has 0 bridgehead atoms. The van der Waals surface area contributed by atoms with Crippen molar-refractivity contribution in [1.82, 2.24) is 4.90 Å². The number of nitrogens with zero attached hydrogens (tertiary/aromatic N) is 1. The number of hydrogen-bond donors (Lipinski definition) is 1. The Morgan fingerprint density at radius 2 is 1.77 bits per heavy atom. The molecule has 1 N–H and O–H groups in total. The number of hydrogen-bond acceptors (Lipinski definition) is 6. The molecule has 0 saturated carbocycles. The molecule has 0 aromatic heterocycles. The molecule has 8 heteroatoms. The fourth-order valence-electron chi connectivity index (χ4n) is 2.93. The van der Waals surface area contributed by atoms with Crippen molar-refractivity contribution >= 4 is 29.4 Å². The summed E-state index contributed by atoms with van der Waals surface area (Å²) in [6, 6.07) is 10.8. The third kappa shape index (κ3) is 4.38. The van der Waals surface area contributed by atoms with Gasteiger partial charge in [-0.2, -0.15) is 0 Å². The van der Waals surface area contributed by atoms with Crippen LogP contribution in [0.25, 0.3) is 0 Å². The number of imide groups is 1. The van der Waals surface area contributed by atoms with Gasteiger partial charge < -0.3 is 14.8 Å². The van der Waals surface area contributed by atoms with Gasteiger partial charge in [0.1, 0.15) is 5.75 Å². The molecule has 30 heavy (non-hydrogen) atoms. The molecule has 8 nitrogen and oxygen atoms in total. The van der Waals surface area contributed by atoms with E-state index in [1.54, 1.807) is 24.3 Å². The Labute approximate surface area is 173 Å². The van der Waals surface area contributed by atoms with Gasteiger partial charge in [-0.15, -0.1) is 6.58 Å². The van der Waals surface area contributed by atoms with Crippen LogP contribution in [0.5, 0.6) is 5.75 Å². The van der Waals surface area contributed by atoms with E-state index in [-0.39, 0.29) is 23.2 Å². The lowest BCUT2D eigenvalue weighted by molar-refractivity contribution is -0.119. The smallest absolute Gasteiger partial charge is 0.338 e. The average Bonchev–Trinajstić information content (AvgIpc) is 2.98. The second kappa shape index (κ2) is 9.04. The third-order valence-electron chi connectivity index (χ3n) is 4.30. The Morgan fingerprint density at radius 1 is 1.07 bits per heavy atom. The number of ether oxygens (including phenoxy) is 2. The Balaban J connectivity index is 1.59. The zero-order valence-corrected chi connectivity index (χ0v) is 16.3. The lowest BCUT2D eigenvalue weighted by Crippen LogP contribution is -2.29. The lowest BCUT2D eigenvalue weighted by Gasteiger charge is -2.09. The van der Waals surface area contributed by atoms with Gasteiger partial charge in [0.05, 0.1) is 23.3 Å². The number of nitrogens with one attached hydrogen (secondary N) is 1. The topological polar surface area (TPSA) is 102 Å². The van der Waals surface area contributed by atoms with Crippen molar-refractivity contribution in [2.75, 3.05) is 25.1 Å². The molecule has 0 fully saturated rings. The van der Waals surface area contributed by atoms with Crippen molar-refractivity contribution in [3.05, 3.63) is 71.8 Å². The Bertz CT molecular complexity index is 1010. The van der Waals surface area contributed by atoms with Crippen LogP contribution in [0.1, 0.15) is 38.0 Å². The molecule has 0 saturated heterocycles. The minimum Gasteiger partial charge on any atom is -0.494 e. The van der Waals surface area contributed by atoms with Gasteiger partial charge in [0.2, 0.25) is 0 Å². The van der Waals surface area contributed by atoms with E-state index < -0.39 is 30.3 Å². The van der Waals surface area contributed by atoms with Crippen molar-refractivity contribution < 1.29 is 28.7 Å². The molecule has 2 aromatic carbocycles. The number of rotatable bonds is 8. The van der Waals surface area contributed by atoms with Crippen LogP contribution < -0.4 is 10.1 Å². The van der Waals surface area contributed by atoms with E-state index in [4.69, 9.17) is 9.47 Å². The van der Waals surface area contributed by atoms with Gasteiger partial charge in [0.25, 0.3) is 17.7 Å². The maximum Gasteiger partial charge on any atom is 0.338 e. The van der Waals surface area contributed by atoms with Gasteiger partial charge in [-0.25, -0.2) is 4.79 Å². The van der Waals surface area contributed by atoms with Crippen molar-refractivity contribution in [2.24, 2.45) is 0 Å². The first kappa shape index (κ1) is 20.8. The Kier molecular flexibility index (Phi) is 6.26. The summed E-state index contributed by atoms with van der Waals surface area (Å²) < 4.78 is 10.3. The van der Waals surface area contributed by atoms with Gasteiger partial charge in [-0.1, -0.05) is 6.08 Å². The van der Waals surface area contributed by atoms with E-state index >= 15 is 0 Å². The van der Waals surface area contributed by atoms with E-state index in [0.717, 1.165) is 4.90 Å². The summed E-state index contributed by atoms with van der Waals surface area (Å²) in [5.41, 5.74) is 0.939. The van der Waals surface area contributed by atoms with E-state index in [1.165, 1.54) is 24.3 Å². The minimum atomic E-state index is -0.776. The molecule has 1 aliphatic heterocycles. The van der Waals surface area contributed by atoms with Crippen molar-refractivity contribution in [1.29, 1.82) is 0 Å². The average molecular weight is 408 g/mol. The molecule has 154 valence electrons. The summed E-state index contributed by atoms with van der Waals surface area (Å²) in [6.07, 6.45) is 1.44. The largest absolute Gasteiger partial charge is 0.494 e. The van der Waals surface area contributed by atoms with Crippen LogP contribution in [0.4, 0.5) is 5.69 Å². The summed E-state index contributed by atoms with van der Waals surface area (Å²) in [7, 11) is 0. The maximum atomic E-state index is 12.3. The molecular weight excluding hydrogens is 388 g/mol. The van der Waals surface area contributed by atoms with E-state index in [1.807, 2.05) is 6.92 Å². The molecule has 3 amide bonds. The molecule has 0 spiro atoms.